The molecule has 1 N–H and O–H groups in total. The van der Waals surface area contributed by atoms with Gasteiger partial charge in [0.15, 0.2) is 0 Å². The molecule has 0 aliphatic heterocycles. The van der Waals surface area contributed by atoms with Crippen molar-refractivity contribution in [1.29, 1.82) is 0 Å². The zero-order chi connectivity index (χ0) is 13.8. The van der Waals surface area contributed by atoms with E-state index < -0.39 is 0 Å². The van der Waals surface area contributed by atoms with Gasteiger partial charge in [-0.05, 0) is 29.8 Å². The van der Waals surface area contributed by atoms with E-state index in [1.807, 2.05) is 48.5 Å². The molecule has 1 heterocycles. The molecule has 20 heavy (non-hydrogen) atoms. The summed E-state index contributed by atoms with van der Waals surface area (Å²) in [6.07, 6.45) is 1.77. The number of rotatable bonds is 3. The number of amides is 1. The lowest BCUT2D eigenvalue weighted by Crippen LogP contribution is -2.22. The molecule has 0 bridgehead atoms. The summed E-state index contributed by atoms with van der Waals surface area (Å²) in [5, 5.41) is 4.01. The summed E-state index contributed by atoms with van der Waals surface area (Å²) in [4.78, 5) is 16.3. The first-order valence-corrected chi connectivity index (χ1v) is 6.50. The van der Waals surface area contributed by atoms with Crippen LogP contribution in [0.3, 0.4) is 0 Å². The highest BCUT2D eigenvalue weighted by Crippen LogP contribution is 2.15. The van der Waals surface area contributed by atoms with Crippen LogP contribution >= 0.6 is 0 Å². The minimum absolute atomic E-state index is 0.0634. The van der Waals surface area contributed by atoms with Crippen molar-refractivity contribution in [1.82, 2.24) is 10.3 Å². The maximum Gasteiger partial charge on any atom is 0.251 e. The quantitative estimate of drug-likeness (QED) is 0.787. The Balaban J connectivity index is 1.79. The summed E-state index contributed by atoms with van der Waals surface area (Å²) in [6, 6.07) is 19.1. The number of hydrogen-bond acceptors (Lipinski definition) is 2. The van der Waals surface area contributed by atoms with Crippen LogP contribution in [-0.2, 0) is 6.54 Å². The SMILES string of the molecule is O=C(NCc1ccnc2ccccc12)c1ccccc1. The second-order valence-electron chi connectivity index (χ2n) is 4.54. The molecule has 1 aromatic heterocycles. The van der Waals surface area contributed by atoms with Crippen LogP contribution in [-0.4, -0.2) is 10.9 Å². The van der Waals surface area contributed by atoms with Crippen molar-refractivity contribution in [2.24, 2.45) is 0 Å². The van der Waals surface area contributed by atoms with Gasteiger partial charge in [-0.15, -0.1) is 0 Å². The lowest BCUT2D eigenvalue weighted by atomic mass is 10.1. The number of carbonyl (C=O) groups is 1. The summed E-state index contributed by atoms with van der Waals surface area (Å²) in [5.74, 6) is -0.0634. The van der Waals surface area contributed by atoms with E-state index >= 15 is 0 Å². The number of aromatic nitrogens is 1. The molecule has 0 aliphatic rings. The number of fused-ring (bicyclic) bond motifs is 1. The number of nitrogens with zero attached hydrogens (tertiary/aromatic N) is 1. The number of nitrogens with one attached hydrogen (secondary N) is 1. The molecule has 0 aliphatic carbocycles. The number of benzene rings is 2. The largest absolute Gasteiger partial charge is 0.348 e. The molecule has 3 rings (SSSR count). The second kappa shape index (κ2) is 5.53. The molecule has 3 heteroatoms. The monoisotopic (exact) mass is 262 g/mol. The molecule has 2 aromatic carbocycles. The fourth-order valence-electron chi connectivity index (χ4n) is 2.18. The van der Waals surface area contributed by atoms with Crippen LogP contribution in [0.5, 0.6) is 0 Å². The first-order valence-electron chi connectivity index (χ1n) is 6.50. The highest BCUT2D eigenvalue weighted by molar-refractivity contribution is 5.94. The van der Waals surface area contributed by atoms with E-state index in [-0.39, 0.29) is 5.91 Å². The molecule has 98 valence electrons. The predicted molar refractivity (Wildman–Crippen MR) is 79.4 cm³/mol. The Morgan fingerprint density at radius 2 is 1.70 bits per heavy atom. The molecule has 0 saturated carbocycles. The van der Waals surface area contributed by atoms with Crippen LogP contribution < -0.4 is 5.32 Å². The van der Waals surface area contributed by atoms with Gasteiger partial charge in [-0.3, -0.25) is 9.78 Å². The lowest BCUT2D eigenvalue weighted by molar-refractivity contribution is 0.0951. The van der Waals surface area contributed by atoms with Crippen molar-refractivity contribution in [3.63, 3.8) is 0 Å². The number of pyridine rings is 1. The summed E-state index contributed by atoms with van der Waals surface area (Å²) in [5.41, 5.74) is 2.68. The van der Waals surface area contributed by atoms with Gasteiger partial charge in [0.05, 0.1) is 5.52 Å². The van der Waals surface area contributed by atoms with Gasteiger partial charge in [-0.2, -0.15) is 0 Å². The summed E-state index contributed by atoms with van der Waals surface area (Å²) in [7, 11) is 0. The number of hydrogen-bond donors (Lipinski definition) is 1. The molecule has 3 aromatic rings. The highest BCUT2D eigenvalue weighted by Gasteiger charge is 2.06. The van der Waals surface area contributed by atoms with Crippen LogP contribution in [0.4, 0.5) is 0 Å². The molecule has 1 amide bonds. The molecule has 0 fully saturated rings. The Hall–Kier alpha value is -2.68. The molecule has 0 saturated heterocycles. The maximum absolute atomic E-state index is 12.0. The lowest BCUT2D eigenvalue weighted by Gasteiger charge is -2.08. The zero-order valence-electron chi connectivity index (χ0n) is 10.9. The van der Waals surface area contributed by atoms with Gasteiger partial charge in [0, 0.05) is 23.7 Å². The van der Waals surface area contributed by atoms with Gasteiger partial charge in [0.2, 0.25) is 0 Å². The summed E-state index contributed by atoms with van der Waals surface area (Å²) in [6.45, 7) is 0.497. The van der Waals surface area contributed by atoms with Crippen molar-refractivity contribution in [3.8, 4) is 0 Å². The van der Waals surface area contributed by atoms with E-state index in [0.29, 0.717) is 12.1 Å². The molecule has 3 nitrogen and oxygen atoms in total. The van der Waals surface area contributed by atoms with Crippen LogP contribution in [0.2, 0.25) is 0 Å². The van der Waals surface area contributed by atoms with Gasteiger partial charge in [0.1, 0.15) is 0 Å². The van der Waals surface area contributed by atoms with Crippen LogP contribution in [0.15, 0.2) is 66.9 Å². The first-order chi connectivity index (χ1) is 9.84. The number of carbonyl (C=O) groups excluding carboxylic acids is 1. The third-order valence-corrected chi connectivity index (χ3v) is 3.21. The van der Waals surface area contributed by atoms with Gasteiger partial charge in [0.25, 0.3) is 5.91 Å². The highest BCUT2D eigenvalue weighted by atomic mass is 16.1. The number of para-hydroxylation sites is 1. The molecular formula is C17H14N2O. The van der Waals surface area contributed by atoms with E-state index in [1.165, 1.54) is 0 Å². The normalized spacial score (nSPS) is 10.4. The Morgan fingerprint density at radius 3 is 2.55 bits per heavy atom. The summed E-state index contributed by atoms with van der Waals surface area (Å²) < 4.78 is 0. The van der Waals surface area contributed by atoms with Crippen molar-refractivity contribution < 1.29 is 4.79 Å². The van der Waals surface area contributed by atoms with Gasteiger partial charge in [-0.1, -0.05) is 36.4 Å². The average molecular weight is 262 g/mol. The molecule has 0 atom stereocenters. The van der Waals surface area contributed by atoms with E-state index in [0.717, 1.165) is 16.5 Å². The van der Waals surface area contributed by atoms with E-state index in [1.54, 1.807) is 18.3 Å². The van der Waals surface area contributed by atoms with E-state index in [9.17, 15) is 4.79 Å². The van der Waals surface area contributed by atoms with Gasteiger partial charge >= 0.3 is 0 Å². The van der Waals surface area contributed by atoms with Crippen molar-refractivity contribution >= 4 is 16.8 Å². The maximum atomic E-state index is 12.0. The fourth-order valence-corrected chi connectivity index (χ4v) is 2.18. The fraction of sp³-hybridized carbons (Fsp3) is 0.0588. The second-order valence-corrected chi connectivity index (χ2v) is 4.54. The zero-order valence-corrected chi connectivity index (χ0v) is 10.9. The topological polar surface area (TPSA) is 42.0 Å². The standard InChI is InChI=1S/C17H14N2O/c20-17(13-6-2-1-3-7-13)19-12-14-10-11-18-16-9-5-4-8-15(14)16/h1-11H,12H2,(H,19,20). The molecule has 0 unspecified atom stereocenters. The smallest absolute Gasteiger partial charge is 0.251 e. The van der Waals surface area contributed by atoms with Crippen LogP contribution in [0, 0.1) is 0 Å². The Kier molecular flexibility index (Phi) is 3.42. The third kappa shape index (κ3) is 2.52. The Morgan fingerprint density at radius 1 is 0.950 bits per heavy atom. The average Bonchev–Trinajstić information content (AvgIpc) is 2.53. The van der Waals surface area contributed by atoms with Crippen molar-refractivity contribution in [3.05, 3.63) is 78.0 Å². The van der Waals surface area contributed by atoms with Crippen molar-refractivity contribution in [2.45, 2.75) is 6.54 Å². The third-order valence-electron chi connectivity index (χ3n) is 3.21. The predicted octanol–water partition coefficient (Wildman–Crippen LogP) is 3.16. The van der Waals surface area contributed by atoms with E-state index in [4.69, 9.17) is 0 Å². The van der Waals surface area contributed by atoms with Crippen LogP contribution in [0.25, 0.3) is 10.9 Å². The minimum Gasteiger partial charge on any atom is -0.348 e. The van der Waals surface area contributed by atoms with Crippen LogP contribution in [0.1, 0.15) is 15.9 Å². The van der Waals surface area contributed by atoms with E-state index in [2.05, 4.69) is 10.3 Å². The van der Waals surface area contributed by atoms with Crippen molar-refractivity contribution in [2.75, 3.05) is 0 Å². The molecular weight excluding hydrogens is 248 g/mol. The minimum atomic E-state index is -0.0634. The molecule has 0 spiro atoms. The Labute approximate surface area is 117 Å². The Bertz CT molecular complexity index is 733. The van der Waals surface area contributed by atoms with Gasteiger partial charge < -0.3 is 5.32 Å². The molecule has 0 radical (unpaired) electrons. The first kappa shape index (κ1) is 12.4. The summed E-state index contributed by atoms with van der Waals surface area (Å²) >= 11 is 0. The van der Waals surface area contributed by atoms with Gasteiger partial charge in [-0.25, -0.2) is 0 Å².